The molecule has 0 amide bonds. The van der Waals surface area contributed by atoms with Crippen molar-refractivity contribution in [2.45, 2.75) is 0 Å². The van der Waals surface area contributed by atoms with Crippen molar-refractivity contribution >= 4 is 22.4 Å². The second kappa shape index (κ2) is 3.53. The van der Waals surface area contributed by atoms with E-state index in [0.717, 1.165) is 5.56 Å². The largest absolute Gasteiger partial charge is 0.291 e. The zero-order valence-corrected chi connectivity index (χ0v) is 9.02. The quantitative estimate of drug-likeness (QED) is 0.617. The Labute approximate surface area is 94.5 Å². The SMILES string of the molecule is O=c1c(=Cc2ccccc2)sc2ncnn12. The fourth-order valence-electron chi connectivity index (χ4n) is 1.48. The summed E-state index contributed by atoms with van der Waals surface area (Å²) in [5, 5.41) is 3.86. The monoisotopic (exact) mass is 229 g/mol. The van der Waals surface area contributed by atoms with Crippen molar-refractivity contribution in [3.63, 3.8) is 0 Å². The molecule has 3 aromatic rings. The summed E-state index contributed by atoms with van der Waals surface area (Å²) in [6.45, 7) is 0. The Hall–Kier alpha value is -2.01. The smallest absolute Gasteiger partial charge is 0.266 e. The van der Waals surface area contributed by atoms with Gasteiger partial charge in [0.05, 0.1) is 4.53 Å². The summed E-state index contributed by atoms with van der Waals surface area (Å²) in [4.78, 5) is 16.5. The Balaban J connectivity index is 2.27. The van der Waals surface area contributed by atoms with Gasteiger partial charge in [0.15, 0.2) is 0 Å². The van der Waals surface area contributed by atoms with Gasteiger partial charge in [0.25, 0.3) is 5.56 Å². The molecular weight excluding hydrogens is 222 g/mol. The van der Waals surface area contributed by atoms with Crippen LogP contribution >= 0.6 is 11.3 Å². The van der Waals surface area contributed by atoms with Gasteiger partial charge in [-0.1, -0.05) is 41.7 Å². The topological polar surface area (TPSA) is 47.3 Å². The Morgan fingerprint density at radius 1 is 1.25 bits per heavy atom. The lowest BCUT2D eigenvalue weighted by Gasteiger charge is -1.87. The van der Waals surface area contributed by atoms with Crippen LogP contribution in [0.2, 0.25) is 0 Å². The summed E-state index contributed by atoms with van der Waals surface area (Å²) in [5.41, 5.74) is 0.894. The molecule has 0 unspecified atom stereocenters. The van der Waals surface area contributed by atoms with Crippen LogP contribution in [0.3, 0.4) is 0 Å². The van der Waals surface area contributed by atoms with Crippen LogP contribution in [0, 0.1) is 0 Å². The van der Waals surface area contributed by atoms with E-state index >= 15 is 0 Å². The van der Waals surface area contributed by atoms with Gasteiger partial charge < -0.3 is 0 Å². The number of aromatic nitrogens is 3. The van der Waals surface area contributed by atoms with Crippen molar-refractivity contribution in [3.8, 4) is 0 Å². The molecule has 5 heteroatoms. The van der Waals surface area contributed by atoms with Crippen LogP contribution in [0.25, 0.3) is 11.0 Å². The van der Waals surface area contributed by atoms with Gasteiger partial charge >= 0.3 is 0 Å². The van der Waals surface area contributed by atoms with Gasteiger partial charge in [-0.25, -0.2) is 4.98 Å². The highest BCUT2D eigenvalue weighted by molar-refractivity contribution is 7.15. The number of rotatable bonds is 1. The van der Waals surface area contributed by atoms with Crippen molar-refractivity contribution in [2.75, 3.05) is 0 Å². The van der Waals surface area contributed by atoms with E-state index in [1.165, 1.54) is 22.2 Å². The lowest BCUT2D eigenvalue weighted by atomic mass is 10.2. The number of fused-ring (bicyclic) bond motifs is 1. The van der Waals surface area contributed by atoms with Crippen LogP contribution in [0.4, 0.5) is 0 Å². The molecule has 0 fully saturated rings. The van der Waals surface area contributed by atoms with Gasteiger partial charge in [0, 0.05) is 0 Å². The molecule has 0 bridgehead atoms. The first-order valence-corrected chi connectivity index (χ1v) is 5.55. The maximum absolute atomic E-state index is 11.8. The molecule has 3 rings (SSSR count). The average Bonchev–Trinajstić information content (AvgIpc) is 2.86. The minimum Gasteiger partial charge on any atom is -0.266 e. The molecule has 0 saturated carbocycles. The number of nitrogens with zero attached hydrogens (tertiary/aromatic N) is 3. The highest BCUT2D eigenvalue weighted by Crippen LogP contribution is 2.01. The predicted octanol–water partition coefficient (Wildman–Crippen LogP) is 0.699. The molecular formula is C11H7N3OS. The standard InChI is InChI=1S/C11H7N3OS/c15-10-9(6-8-4-2-1-3-5-8)16-11-12-7-13-14(10)11/h1-7H. The summed E-state index contributed by atoms with van der Waals surface area (Å²) in [5.74, 6) is 0. The molecule has 4 nitrogen and oxygen atoms in total. The van der Waals surface area contributed by atoms with Crippen molar-refractivity contribution in [3.05, 3.63) is 57.1 Å². The van der Waals surface area contributed by atoms with Crippen LogP contribution in [0.5, 0.6) is 0 Å². The second-order valence-corrected chi connectivity index (χ2v) is 4.29. The fourth-order valence-corrected chi connectivity index (χ4v) is 2.36. The van der Waals surface area contributed by atoms with Crippen molar-refractivity contribution in [1.82, 2.24) is 14.6 Å². The minimum atomic E-state index is -0.110. The Kier molecular flexibility index (Phi) is 2.04. The molecule has 0 aliphatic carbocycles. The van der Waals surface area contributed by atoms with Gasteiger partial charge in [0.2, 0.25) is 4.96 Å². The third-order valence-corrected chi connectivity index (χ3v) is 3.19. The van der Waals surface area contributed by atoms with E-state index < -0.39 is 0 Å². The Morgan fingerprint density at radius 3 is 2.81 bits per heavy atom. The Morgan fingerprint density at radius 2 is 2.06 bits per heavy atom. The molecule has 0 N–H and O–H groups in total. The predicted molar refractivity (Wildman–Crippen MR) is 62.4 cm³/mol. The van der Waals surface area contributed by atoms with E-state index in [1.807, 2.05) is 36.4 Å². The number of thiazole rings is 1. The zero-order chi connectivity index (χ0) is 11.0. The molecule has 2 heterocycles. The van der Waals surface area contributed by atoms with Crippen molar-refractivity contribution in [2.24, 2.45) is 0 Å². The molecule has 1 aromatic carbocycles. The third kappa shape index (κ3) is 1.42. The molecule has 0 aliphatic heterocycles. The molecule has 0 saturated heterocycles. The zero-order valence-electron chi connectivity index (χ0n) is 8.20. The molecule has 78 valence electrons. The van der Waals surface area contributed by atoms with E-state index in [2.05, 4.69) is 10.1 Å². The molecule has 0 aliphatic rings. The first-order chi connectivity index (χ1) is 7.84. The lowest BCUT2D eigenvalue weighted by Crippen LogP contribution is -2.23. The highest BCUT2D eigenvalue weighted by Gasteiger charge is 2.04. The van der Waals surface area contributed by atoms with E-state index in [0.29, 0.717) is 9.49 Å². The summed E-state index contributed by atoms with van der Waals surface area (Å²) in [7, 11) is 0. The first-order valence-electron chi connectivity index (χ1n) is 4.74. The molecule has 0 atom stereocenters. The van der Waals surface area contributed by atoms with Crippen LogP contribution in [0.1, 0.15) is 5.56 Å². The number of hydrogen-bond donors (Lipinski definition) is 0. The fraction of sp³-hybridized carbons (Fsp3) is 0. The summed E-state index contributed by atoms with van der Waals surface area (Å²) >= 11 is 1.35. The van der Waals surface area contributed by atoms with Gasteiger partial charge in [0.1, 0.15) is 6.33 Å². The third-order valence-electron chi connectivity index (χ3n) is 2.22. The second-order valence-electron chi connectivity index (χ2n) is 3.28. The van der Waals surface area contributed by atoms with E-state index in [1.54, 1.807) is 0 Å². The average molecular weight is 229 g/mol. The van der Waals surface area contributed by atoms with Crippen molar-refractivity contribution in [1.29, 1.82) is 0 Å². The molecule has 16 heavy (non-hydrogen) atoms. The molecule has 0 spiro atoms. The van der Waals surface area contributed by atoms with Gasteiger partial charge in [-0.3, -0.25) is 4.79 Å². The normalized spacial score (nSPS) is 12.4. The maximum atomic E-state index is 11.8. The van der Waals surface area contributed by atoms with E-state index in [-0.39, 0.29) is 5.56 Å². The van der Waals surface area contributed by atoms with E-state index in [9.17, 15) is 4.79 Å². The molecule has 2 aromatic heterocycles. The van der Waals surface area contributed by atoms with Crippen LogP contribution in [0.15, 0.2) is 41.5 Å². The van der Waals surface area contributed by atoms with Crippen LogP contribution in [-0.4, -0.2) is 14.6 Å². The van der Waals surface area contributed by atoms with Crippen LogP contribution < -0.4 is 10.1 Å². The number of benzene rings is 1. The van der Waals surface area contributed by atoms with Crippen molar-refractivity contribution < 1.29 is 0 Å². The molecule has 0 radical (unpaired) electrons. The maximum Gasteiger partial charge on any atom is 0.291 e. The summed E-state index contributed by atoms with van der Waals surface area (Å²) in [6, 6.07) is 9.73. The van der Waals surface area contributed by atoms with E-state index in [4.69, 9.17) is 0 Å². The summed E-state index contributed by atoms with van der Waals surface area (Å²) < 4.78 is 1.97. The Bertz CT molecular complexity index is 730. The number of hydrogen-bond acceptors (Lipinski definition) is 4. The minimum absolute atomic E-state index is 0.110. The van der Waals surface area contributed by atoms with Gasteiger partial charge in [-0.2, -0.15) is 9.61 Å². The lowest BCUT2D eigenvalue weighted by molar-refractivity contribution is 0.932. The summed E-state index contributed by atoms with van der Waals surface area (Å²) in [6.07, 6.45) is 3.24. The van der Waals surface area contributed by atoms with Crippen LogP contribution in [-0.2, 0) is 0 Å². The highest BCUT2D eigenvalue weighted by atomic mass is 32.1. The van der Waals surface area contributed by atoms with Gasteiger partial charge in [-0.15, -0.1) is 0 Å². The van der Waals surface area contributed by atoms with Gasteiger partial charge in [-0.05, 0) is 11.6 Å². The first kappa shape index (κ1) is 9.23.